The van der Waals surface area contributed by atoms with E-state index in [1.165, 1.54) is 24.3 Å². The predicted octanol–water partition coefficient (Wildman–Crippen LogP) is 2.91. The second-order valence-electron chi connectivity index (χ2n) is 5.96. The fourth-order valence-electron chi connectivity index (χ4n) is 2.09. The van der Waals surface area contributed by atoms with Crippen molar-refractivity contribution in [1.82, 2.24) is 5.32 Å². The zero-order valence-electron chi connectivity index (χ0n) is 14.1. The van der Waals surface area contributed by atoms with Crippen LogP contribution in [0, 0.1) is 0 Å². The van der Waals surface area contributed by atoms with Crippen molar-refractivity contribution >= 4 is 21.4 Å². The van der Waals surface area contributed by atoms with Crippen LogP contribution in [0.15, 0.2) is 58.3 Å². The van der Waals surface area contributed by atoms with Crippen LogP contribution in [-0.4, -0.2) is 38.8 Å². The summed E-state index contributed by atoms with van der Waals surface area (Å²) in [5, 5.41) is 13.4. The van der Waals surface area contributed by atoms with Crippen LogP contribution in [0.4, 0.5) is 0 Å². The zero-order chi connectivity index (χ0) is 18.4. The predicted molar refractivity (Wildman–Crippen MR) is 98.0 cm³/mol. The Morgan fingerprint density at radius 2 is 1.56 bits per heavy atom. The van der Waals surface area contributed by atoms with E-state index in [4.69, 9.17) is 16.3 Å². The fourth-order valence-corrected chi connectivity index (χ4v) is 3.47. The van der Waals surface area contributed by atoms with Gasteiger partial charge >= 0.3 is 0 Å². The Labute approximate surface area is 153 Å². The Kier molecular flexibility index (Phi) is 6.84. The highest BCUT2D eigenvalue weighted by Gasteiger charge is 2.17. The minimum atomic E-state index is -3.60. The van der Waals surface area contributed by atoms with Gasteiger partial charge in [-0.3, -0.25) is 0 Å². The maximum atomic E-state index is 12.5. The maximum Gasteiger partial charge on any atom is 0.206 e. The molecule has 0 saturated heterocycles. The molecule has 0 fully saturated rings. The van der Waals surface area contributed by atoms with E-state index in [9.17, 15) is 13.5 Å². The SMILES string of the molecule is CC(C)NCC(O)COc1ccc(S(=O)(=O)c2ccc(Cl)cc2)cc1. The van der Waals surface area contributed by atoms with Crippen molar-refractivity contribution in [3.05, 3.63) is 53.6 Å². The number of aliphatic hydroxyl groups excluding tert-OH is 1. The number of hydrogen-bond acceptors (Lipinski definition) is 5. The molecule has 7 heteroatoms. The summed E-state index contributed by atoms with van der Waals surface area (Å²) in [4.78, 5) is 0.352. The van der Waals surface area contributed by atoms with Crippen LogP contribution in [0.3, 0.4) is 0 Å². The molecule has 2 aromatic rings. The smallest absolute Gasteiger partial charge is 0.206 e. The largest absolute Gasteiger partial charge is 0.491 e. The van der Waals surface area contributed by atoms with E-state index in [0.717, 1.165) is 0 Å². The first-order valence-electron chi connectivity index (χ1n) is 7.94. The van der Waals surface area contributed by atoms with Gasteiger partial charge in [0.2, 0.25) is 9.84 Å². The minimum Gasteiger partial charge on any atom is -0.491 e. The third-order valence-corrected chi connectivity index (χ3v) is 5.50. The van der Waals surface area contributed by atoms with Gasteiger partial charge in [-0.2, -0.15) is 0 Å². The van der Waals surface area contributed by atoms with Crippen LogP contribution < -0.4 is 10.1 Å². The van der Waals surface area contributed by atoms with Gasteiger partial charge in [0.15, 0.2) is 0 Å². The lowest BCUT2D eigenvalue weighted by Crippen LogP contribution is -2.35. The van der Waals surface area contributed by atoms with E-state index in [1.54, 1.807) is 24.3 Å². The molecule has 0 amide bonds. The number of ether oxygens (including phenoxy) is 1. The summed E-state index contributed by atoms with van der Waals surface area (Å²) in [5.41, 5.74) is 0. The molecule has 136 valence electrons. The van der Waals surface area contributed by atoms with Gasteiger partial charge in [-0.25, -0.2) is 8.42 Å². The lowest BCUT2D eigenvalue weighted by Gasteiger charge is -2.15. The second-order valence-corrected chi connectivity index (χ2v) is 8.34. The standard InChI is InChI=1S/C18H22ClNO4S/c1-13(2)20-11-15(21)12-24-16-5-9-18(10-6-16)25(22,23)17-7-3-14(19)4-8-17/h3-10,13,15,20-21H,11-12H2,1-2H3. The highest BCUT2D eigenvalue weighted by molar-refractivity contribution is 7.91. The van der Waals surface area contributed by atoms with Crippen molar-refractivity contribution in [3.8, 4) is 5.75 Å². The van der Waals surface area contributed by atoms with Gasteiger partial charge in [-0.1, -0.05) is 25.4 Å². The molecular formula is C18H22ClNO4S. The molecule has 0 radical (unpaired) electrons. The molecule has 0 aliphatic rings. The van der Waals surface area contributed by atoms with Crippen LogP contribution in [0.1, 0.15) is 13.8 Å². The maximum absolute atomic E-state index is 12.5. The molecule has 0 saturated carbocycles. The normalized spacial score (nSPS) is 13.0. The van der Waals surface area contributed by atoms with E-state index in [2.05, 4.69) is 5.32 Å². The number of aliphatic hydroxyl groups is 1. The van der Waals surface area contributed by atoms with Gasteiger partial charge in [-0.05, 0) is 48.5 Å². The Hall–Kier alpha value is -1.60. The van der Waals surface area contributed by atoms with Gasteiger partial charge < -0.3 is 15.2 Å². The number of hydrogen-bond donors (Lipinski definition) is 2. The first kappa shape index (κ1) is 19.7. The van der Waals surface area contributed by atoms with Crippen LogP contribution >= 0.6 is 11.6 Å². The van der Waals surface area contributed by atoms with Gasteiger partial charge in [0, 0.05) is 17.6 Å². The van der Waals surface area contributed by atoms with Crippen LogP contribution in [-0.2, 0) is 9.84 Å². The van der Waals surface area contributed by atoms with Gasteiger partial charge in [0.25, 0.3) is 0 Å². The summed E-state index contributed by atoms with van der Waals surface area (Å²) in [6.45, 7) is 4.55. The minimum absolute atomic E-state index is 0.128. The quantitative estimate of drug-likeness (QED) is 0.733. The summed E-state index contributed by atoms with van der Waals surface area (Å²) in [6, 6.07) is 12.4. The molecule has 1 atom stereocenters. The molecule has 25 heavy (non-hydrogen) atoms. The lowest BCUT2D eigenvalue weighted by atomic mass is 10.3. The molecule has 0 aromatic heterocycles. The number of halogens is 1. The van der Waals surface area contributed by atoms with Crippen molar-refractivity contribution in [2.24, 2.45) is 0 Å². The molecule has 0 bridgehead atoms. The highest BCUT2D eigenvalue weighted by Crippen LogP contribution is 2.24. The number of sulfone groups is 1. The third kappa shape index (κ3) is 5.71. The highest BCUT2D eigenvalue weighted by atomic mass is 35.5. The Balaban J connectivity index is 2.00. The molecule has 0 heterocycles. The summed E-state index contributed by atoms with van der Waals surface area (Å²) < 4.78 is 30.6. The first-order valence-corrected chi connectivity index (χ1v) is 9.80. The molecule has 0 aliphatic carbocycles. The number of nitrogens with one attached hydrogen (secondary N) is 1. The van der Waals surface area contributed by atoms with Crippen molar-refractivity contribution in [3.63, 3.8) is 0 Å². The van der Waals surface area contributed by atoms with Crippen molar-refractivity contribution < 1.29 is 18.3 Å². The van der Waals surface area contributed by atoms with Gasteiger partial charge in [0.1, 0.15) is 18.5 Å². The average Bonchev–Trinajstić information content (AvgIpc) is 2.59. The third-order valence-electron chi connectivity index (χ3n) is 3.46. The molecule has 0 aliphatic heterocycles. The van der Waals surface area contributed by atoms with E-state index in [1.807, 2.05) is 13.8 Å². The molecule has 5 nitrogen and oxygen atoms in total. The topological polar surface area (TPSA) is 75.6 Å². The molecule has 2 N–H and O–H groups in total. The molecule has 1 unspecified atom stereocenters. The lowest BCUT2D eigenvalue weighted by molar-refractivity contribution is 0.104. The Morgan fingerprint density at radius 3 is 2.08 bits per heavy atom. The number of benzene rings is 2. The summed E-state index contributed by atoms with van der Waals surface area (Å²) in [7, 11) is -3.60. The van der Waals surface area contributed by atoms with Crippen LogP contribution in [0.25, 0.3) is 0 Å². The zero-order valence-corrected chi connectivity index (χ0v) is 15.7. The summed E-state index contributed by atoms with van der Waals surface area (Å²) >= 11 is 5.79. The molecular weight excluding hydrogens is 362 g/mol. The summed E-state index contributed by atoms with van der Waals surface area (Å²) in [6.07, 6.45) is -0.639. The molecule has 2 rings (SSSR count). The van der Waals surface area contributed by atoms with Gasteiger partial charge in [0.05, 0.1) is 9.79 Å². The summed E-state index contributed by atoms with van der Waals surface area (Å²) in [5.74, 6) is 0.499. The van der Waals surface area contributed by atoms with E-state index in [-0.39, 0.29) is 22.4 Å². The Bertz CT molecular complexity index is 774. The Morgan fingerprint density at radius 1 is 1.04 bits per heavy atom. The molecule has 2 aromatic carbocycles. The van der Waals surface area contributed by atoms with Crippen molar-refractivity contribution in [2.75, 3.05) is 13.2 Å². The van der Waals surface area contributed by atoms with Crippen LogP contribution in [0.2, 0.25) is 5.02 Å². The van der Waals surface area contributed by atoms with Gasteiger partial charge in [-0.15, -0.1) is 0 Å². The molecule has 0 spiro atoms. The first-order chi connectivity index (χ1) is 11.8. The van der Waals surface area contributed by atoms with E-state index in [0.29, 0.717) is 17.3 Å². The number of rotatable bonds is 8. The van der Waals surface area contributed by atoms with Crippen molar-refractivity contribution in [1.29, 1.82) is 0 Å². The van der Waals surface area contributed by atoms with Crippen molar-refractivity contribution in [2.45, 2.75) is 35.8 Å². The van der Waals surface area contributed by atoms with E-state index >= 15 is 0 Å². The van der Waals surface area contributed by atoms with Crippen LogP contribution in [0.5, 0.6) is 5.75 Å². The fraction of sp³-hybridized carbons (Fsp3) is 0.333. The van der Waals surface area contributed by atoms with E-state index < -0.39 is 15.9 Å². The monoisotopic (exact) mass is 383 g/mol. The second kappa shape index (κ2) is 8.67. The average molecular weight is 384 g/mol.